The smallest absolute Gasteiger partial charge is 0.251 e. The first-order valence-electron chi connectivity index (χ1n) is 7.07. The lowest BCUT2D eigenvalue weighted by Gasteiger charge is -2.17. The molecule has 1 atom stereocenters. The molecule has 6 nitrogen and oxygen atoms in total. The molecular formula is C14H19FN2O4S. The number of benzene rings is 1. The van der Waals surface area contributed by atoms with Crippen molar-refractivity contribution < 1.29 is 22.7 Å². The molecule has 1 heterocycles. The predicted octanol–water partition coefficient (Wildman–Crippen LogP) is 0.721. The van der Waals surface area contributed by atoms with Crippen LogP contribution in [-0.4, -0.2) is 49.5 Å². The highest BCUT2D eigenvalue weighted by atomic mass is 32.2. The summed E-state index contributed by atoms with van der Waals surface area (Å²) in [4.78, 5) is 11.5. The average molecular weight is 330 g/mol. The number of aliphatic hydroxyl groups excluding tert-OH is 1. The van der Waals surface area contributed by atoms with Crippen LogP contribution in [0.5, 0.6) is 0 Å². The minimum Gasteiger partial charge on any atom is -0.394 e. The van der Waals surface area contributed by atoms with Crippen molar-refractivity contribution >= 4 is 15.9 Å². The number of carbonyl (C=O) groups is 1. The van der Waals surface area contributed by atoms with E-state index in [2.05, 4.69) is 5.32 Å². The highest BCUT2D eigenvalue weighted by molar-refractivity contribution is 7.89. The van der Waals surface area contributed by atoms with Crippen LogP contribution in [0, 0.1) is 5.82 Å². The normalized spacial score (nSPS) is 17.4. The quantitative estimate of drug-likeness (QED) is 0.833. The second-order valence-corrected chi connectivity index (χ2v) is 7.22. The monoisotopic (exact) mass is 330 g/mol. The Morgan fingerprint density at radius 2 is 2.05 bits per heavy atom. The van der Waals surface area contributed by atoms with Crippen LogP contribution in [0.3, 0.4) is 0 Å². The van der Waals surface area contributed by atoms with Crippen LogP contribution in [0.15, 0.2) is 23.1 Å². The summed E-state index contributed by atoms with van der Waals surface area (Å²) in [5.74, 6) is -1.43. The van der Waals surface area contributed by atoms with Gasteiger partial charge in [-0.1, -0.05) is 0 Å². The van der Waals surface area contributed by atoms with E-state index in [0.29, 0.717) is 13.1 Å². The van der Waals surface area contributed by atoms with Crippen LogP contribution < -0.4 is 5.32 Å². The van der Waals surface area contributed by atoms with Crippen molar-refractivity contribution in [2.75, 3.05) is 19.7 Å². The molecule has 122 valence electrons. The number of aliphatic hydroxyl groups is 1. The second-order valence-electron chi connectivity index (χ2n) is 5.31. The number of amides is 1. The summed E-state index contributed by atoms with van der Waals surface area (Å²) in [5.41, 5.74) is 0.0412. The number of rotatable bonds is 5. The van der Waals surface area contributed by atoms with E-state index in [1.54, 1.807) is 6.92 Å². The van der Waals surface area contributed by atoms with E-state index in [1.165, 1.54) is 10.4 Å². The molecular weight excluding hydrogens is 311 g/mol. The van der Waals surface area contributed by atoms with Crippen LogP contribution >= 0.6 is 0 Å². The fourth-order valence-corrected chi connectivity index (χ4v) is 3.87. The Balaban J connectivity index is 2.32. The van der Waals surface area contributed by atoms with Crippen molar-refractivity contribution in [2.24, 2.45) is 0 Å². The van der Waals surface area contributed by atoms with Gasteiger partial charge in [-0.15, -0.1) is 0 Å². The maximum absolute atomic E-state index is 13.9. The van der Waals surface area contributed by atoms with Gasteiger partial charge in [0.15, 0.2) is 0 Å². The van der Waals surface area contributed by atoms with Gasteiger partial charge in [-0.25, -0.2) is 12.8 Å². The van der Waals surface area contributed by atoms with Gasteiger partial charge in [0, 0.05) is 24.7 Å². The van der Waals surface area contributed by atoms with Gasteiger partial charge in [0.05, 0.1) is 6.61 Å². The molecule has 2 N–H and O–H groups in total. The summed E-state index contributed by atoms with van der Waals surface area (Å²) in [6.07, 6.45) is 1.49. The topological polar surface area (TPSA) is 86.7 Å². The molecule has 1 aliphatic rings. The first-order chi connectivity index (χ1) is 10.4. The highest BCUT2D eigenvalue weighted by Gasteiger charge is 2.30. The summed E-state index contributed by atoms with van der Waals surface area (Å²) >= 11 is 0. The minimum atomic E-state index is -3.93. The predicted molar refractivity (Wildman–Crippen MR) is 78.4 cm³/mol. The summed E-state index contributed by atoms with van der Waals surface area (Å²) < 4.78 is 40.0. The first kappa shape index (κ1) is 16.9. The molecule has 0 aliphatic carbocycles. The summed E-state index contributed by atoms with van der Waals surface area (Å²) in [7, 11) is -3.93. The lowest BCUT2D eigenvalue weighted by atomic mass is 10.2. The maximum atomic E-state index is 13.9. The molecule has 0 aromatic heterocycles. The van der Waals surface area contributed by atoms with Gasteiger partial charge in [-0.3, -0.25) is 4.79 Å². The Bertz CT molecular complexity index is 657. The Morgan fingerprint density at radius 3 is 2.64 bits per heavy atom. The zero-order valence-electron chi connectivity index (χ0n) is 12.3. The van der Waals surface area contributed by atoms with E-state index in [1.807, 2.05) is 0 Å². The first-order valence-corrected chi connectivity index (χ1v) is 8.51. The molecule has 1 unspecified atom stereocenters. The molecule has 0 spiro atoms. The van der Waals surface area contributed by atoms with E-state index in [-0.39, 0.29) is 12.2 Å². The van der Waals surface area contributed by atoms with E-state index < -0.39 is 32.7 Å². The number of nitrogens with one attached hydrogen (secondary N) is 1. The zero-order chi connectivity index (χ0) is 16.3. The van der Waals surface area contributed by atoms with Gasteiger partial charge >= 0.3 is 0 Å². The molecule has 1 amide bonds. The third-order valence-electron chi connectivity index (χ3n) is 3.53. The van der Waals surface area contributed by atoms with Crippen molar-refractivity contribution in [2.45, 2.75) is 30.7 Å². The molecule has 22 heavy (non-hydrogen) atoms. The van der Waals surface area contributed by atoms with Crippen LogP contribution in [0.1, 0.15) is 30.1 Å². The fraction of sp³-hybridized carbons (Fsp3) is 0.500. The van der Waals surface area contributed by atoms with Gasteiger partial charge in [0.1, 0.15) is 10.7 Å². The van der Waals surface area contributed by atoms with Gasteiger partial charge in [0.25, 0.3) is 5.91 Å². The molecule has 1 aliphatic heterocycles. The molecule has 0 bridgehead atoms. The van der Waals surface area contributed by atoms with Gasteiger partial charge in [-0.2, -0.15) is 4.31 Å². The van der Waals surface area contributed by atoms with E-state index in [0.717, 1.165) is 25.0 Å². The van der Waals surface area contributed by atoms with Crippen LogP contribution in [-0.2, 0) is 10.0 Å². The number of halogens is 1. The molecule has 1 fully saturated rings. The minimum absolute atomic E-state index is 0.0412. The van der Waals surface area contributed by atoms with Gasteiger partial charge in [0.2, 0.25) is 10.0 Å². The van der Waals surface area contributed by atoms with Crippen LogP contribution in [0.4, 0.5) is 4.39 Å². The van der Waals surface area contributed by atoms with E-state index >= 15 is 0 Å². The summed E-state index contributed by atoms with van der Waals surface area (Å²) in [5, 5.41) is 11.4. The van der Waals surface area contributed by atoms with Crippen LogP contribution in [0.2, 0.25) is 0 Å². The van der Waals surface area contributed by atoms with Gasteiger partial charge < -0.3 is 10.4 Å². The SMILES string of the molecule is CC(CO)NC(=O)c1ccc(F)c(S(=O)(=O)N2CCCC2)c1. The van der Waals surface area contributed by atoms with Crippen molar-refractivity contribution in [3.8, 4) is 0 Å². The molecule has 1 aromatic carbocycles. The fourth-order valence-electron chi connectivity index (χ4n) is 2.26. The number of hydrogen-bond donors (Lipinski definition) is 2. The third-order valence-corrected chi connectivity index (χ3v) is 5.44. The lowest BCUT2D eigenvalue weighted by molar-refractivity contribution is 0.0922. The van der Waals surface area contributed by atoms with Crippen LogP contribution in [0.25, 0.3) is 0 Å². The number of nitrogens with zero attached hydrogens (tertiary/aromatic N) is 1. The average Bonchev–Trinajstić information content (AvgIpc) is 3.02. The van der Waals surface area contributed by atoms with E-state index in [9.17, 15) is 17.6 Å². The number of hydrogen-bond acceptors (Lipinski definition) is 4. The molecule has 8 heteroatoms. The Kier molecular flexibility index (Phi) is 5.15. The Labute approximate surface area is 129 Å². The van der Waals surface area contributed by atoms with E-state index in [4.69, 9.17) is 5.11 Å². The largest absolute Gasteiger partial charge is 0.394 e. The summed E-state index contributed by atoms with van der Waals surface area (Å²) in [6.45, 7) is 2.08. The second kappa shape index (κ2) is 6.72. The van der Waals surface area contributed by atoms with Gasteiger partial charge in [-0.05, 0) is 38.0 Å². The van der Waals surface area contributed by atoms with Crippen molar-refractivity contribution in [1.82, 2.24) is 9.62 Å². The van der Waals surface area contributed by atoms with Crippen molar-refractivity contribution in [3.05, 3.63) is 29.6 Å². The van der Waals surface area contributed by atoms with Crippen molar-refractivity contribution in [3.63, 3.8) is 0 Å². The molecule has 0 saturated carbocycles. The molecule has 1 saturated heterocycles. The molecule has 0 radical (unpaired) electrons. The van der Waals surface area contributed by atoms with Crippen molar-refractivity contribution in [1.29, 1.82) is 0 Å². The molecule has 2 rings (SSSR count). The summed E-state index contributed by atoms with van der Waals surface area (Å²) in [6, 6.07) is 2.76. The zero-order valence-corrected chi connectivity index (χ0v) is 13.1. The number of sulfonamides is 1. The molecule has 1 aromatic rings. The highest BCUT2D eigenvalue weighted by Crippen LogP contribution is 2.24. The number of carbonyl (C=O) groups excluding carboxylic acids is 1. The Hall–Kier alpha value is -1.51. The lowest BCUT2D eigenvalue weighted by Crippen LogP contribution is -2.35. The maximum Gasteiger partial charge on any atom is 0.251 e. The third kappa shape index (κ3) is 3.45. The standard InChI is InChI=1S/C14H19FN2O4S/c1-10(9-18)16-14(19)11-4-5-12(15)13(8-11)22(20,21)17-6-2-3-7-17/h4-5,8,10,18H,2-3,6-7,9H2,1H3,(H,16,19). The Morgan fingerprint density at radius 1 is 1.41 bits per heavy atom.